The van der Waals surface area contributed by atoms with Crippen LogP contribution in [0.25, 0.3) is 0 Å². The molecule has 0 aromatic carbocycles. The number of carbonyl (C=O) groups is 1. The van der Waals surface area contributed by atoms with Gasteiger partial charge in [-0.3, -0.25) is 4.79 Å². The van der Waals surface area contributed by atoms with Gasteiger partial charge >= 0.3 is 5.97 Å². The van der Waals surface area contributed by atoms with E-state index >= 15 is 0 Å². The highest BCUT2D eigenvalue weighted by Crippen LogP contribution is 2.22. The van der Waals surface area contributed by atoms with Gasteiger partial charge in [-0.15, -0.1) is 0 Å². The molecule has 0 aromatic heterocycles. The average molecular weight is 873 g/mol. The minimum absolute atomic E-state index is 0.125. The molecule has 1 heterocycles. The third-order valence-electron chi connectivity index (χ3n) is 11.1. The van der Waals surface area contributed by atoms with Crippen molar-refractivity contribution in [2.45, 2.75) is 230 Å². The zero-order chi connectivity index (χ0) is 45.0. The Kier molecular flexibility index (Phi) is 40.8. The van der Waals surface area contributed by atoms with Crippen LogP contribution in [0.4, 0.5) is 0 Å². The van der Waals surface area contributed by atoms with Crippen LogP contribution in [0.1, 0.15) is 194 Å². The number of aliphatic hydroxyl groups excluding tert-OH is 4. The van der Waals surface area contributed by atoms with Crippen LogP contribution in [0.2, 0.25) is 0 Å². The lowest BCUT2D eigenvalue weighted by atomic mass is 9.99. The fraction of sp³-hybridized carbons (Fsp3) is 0.755. The quantitative estimate of drug-likeness (QED) is 0.0269. The van der Waals surface area contributed by atoms with Crippen LogP contribution in [0.5, 0.6) is 0 Å². The molecule has 0 aromatic rings. The molecule has 0 saturated carbocycles. The molecule has 62 heavy (non-hydrogen) atoms. The zero-order valence-corrected chi connectivity index (χ0v) is 39.3. The zero-order valence-electron chi connectivity index (χ0n) is 39.3. The van der Waals surface area contributed by atoms with E-state index in [0.717, 1.165) is 83.5 Å². The Morgan fingerprint density at radius 1 is 0.532 bits per heavy atom. The Morgan fingerprint density at radius 3 is 1.48 bits per heavy atom. The van der Waals surface area contributed by atoms with Crippen molar-refractivity contribution < 1.29 is 44.2 Å². The molecule has 9 nitrogen and oxygen atoms in total. The van der Waals surface area contributed by atoms with Crippen LogP contribution < -0.4 is 0 Å². The van der Waals surface area contributed by atoms with Gasteiger partial charge in [0.1, 0.15) is 30.5 Å². The molecule has 1 aliphatic heterocycles. The normalized spacial score (nSPS) is 20.4. The van der Waals surface area contributed by atoms with Crippen LogP contribution in [-0.2, 0) is 23.7 Å². The van der Waals surface area contributed by atoms with Gasteiger partial charge < -0.3 is 39.4 Å². The van der Waals surface area contributed by atoms with Crippen LogP contribution in [0, 0.1) is 0 Å². The van der Waals surface area contributed by atoms with Crippen molar-refractivity contribution in [1.82, 2.24) is 0 Å². The molecule has 1 rings (SSSR count). The maximum atomic E-state index is 12.8. The second-order valence-corrected chi connectivity index (χ2v) is 16.9. The molecular formula is C53H92O9. The molecule has 9 heteroatoms. The molecule has 0 bridgehead atoms. The molecule has 0 aliphatic carbocycles. The Hall–Kier alpha value is -2.37. The van der Waals surface area contributed by atoms with E-state index in [1.165, 1.54) is 89.9 Å². The highest BCUT2D eigenvalue weighted by atomic mass is 16.7. The summed E-state index contributed by atoms with van der Waals surface area (Å²) in [5, 5.41) is 40.2. The smallest absolute Gasteiger partial charge is 0.306 e. The van der Waals surface area contributed by atoms with E-state index in [9.17, 15) is 25.2 Å². The van der Waals surface area contributed by atoms with Gasteiger partial charge in [-0.25, -0.2) is 0 Å². The summed E-state index contributed by atoms with van der Waals surface area (Å²) in [5.41, 5.74) is 0. The van der Waals surface area contributed by atoms with Gasteiger partial charge in [0.15, 0.2) is 6.29 Å². The molecule has 0 radical (unpaired) electrons. The third-order valence-corrected chi connectivity index (χ3v) is 11.1. The van der Waals surface area contributed by atoms with Crippen molar-refractivity contribution >= 4 is 5.97 Å². The van der Waals surface area contributed by atoms with E-state index in [1.54, 1.807) is 0 Å². The number of carbonyl (C=O) groups excluding carboxylic acids is 1. The number of unbranched alkanes of at least 4 members (excludes halogenated alkanes) is 19. The summed E-state index contributed by atoms with van der Waals surface area (Å²) in [6.45, 7) is 4.40. The minimum atomic E-state index is -1.54. The molecule has 0 amide bonds. The maximum absolute atomic E-state index is 12.8. The van der Waals surface area contributed by atoms with E-state index in [0.29, 0.717) is 13.0 Å². The van der Waals surface area contributed by atoms with Gasteiger partial charge in [-0.2, -0.15) is 0 Å². The molecule has 0 spiro atoms. The predicted molar refractivity (Wildman–Crippen MR) is 256 cm³/mol. The molecule has 4 N–H and O–H groups in total. The van der Waals surface area contributed by atoms with Gasteiger partial charge in [-0.05, 0) is 83.5 Å². The maximum Gasteiger partial charge on any atom is 0.306 e. The number of ether oxygens (including phenoxy) is 4. The van der Waals surface area contributed by atoms with E-state index < -0.39 is 43.4 Å². The lowest BCUT2D eigenvalue weighted by Gasteiger charge is -2.39. The topological polar surface area (TPSA) is 135 Å². The summed E-state index contributed by atoms with van der Waals surface area (Å²) in [6.07, 6.45) is 50.7. The highest BCUT2D eigenvalue weighted by Gasteiger charge is 2.44. The summed E-state index contributed by atoms with van der Waals surface area (Å²) in [5.74, 6) is -0.328. The van der Waals surface area contributed by atoms with E-state index in [-0.39, 0.29) is 19.2 Å². The Morgan fingerprint density at radius 2 is 0.984 bits per heavy atom. The fourth-order valence-electron chi connectivity index (χ4n) is 7.22. The lowest BCUT2D eigenvalue weighted by molar-refractivity contribution is -0.305. The molecule has 1 saturated heterocycles. The highest BCUT2D eigenvalue weighted by molar-refractivity contribution is 5.69. The number of hydrogen-bond acceptors (Lipinski definition) is 9. The van der Waals surface area contributed by atoms with Gasteiger partial charge in [0.05, 0.1) is 19.8 Å². The molecular weight excluding hydrogens is 781 g/mol. The first-order chi connectivity index (χ1) is 30.4. The Labute approximate surface area is 378 Å². The first-order valence-corrected chi connectivity index (χ1v) is 25.0. The third kappa shape index (κ3) is 34.1. The van der Waals surface area contributed by atoms with E-state index in [1.807, 2.05) is 0 Å². The van der Waals surface area contributed by atoms with E-state index in [4.69, 9.17) is 18.9 Å². The predicted octanol–water partition coefficient (Wildman–Crippen LogP) is 12.0. The molecule has 1 aliphatic rings. The van der Waals surface area contributed by atoms with Crippen molar-refractivity contribution in [3.8, 4) is 0 Å². The second-order valence-electron chi connectivity index (χ2n) is 16.9. The standard InChI is InChI=1S/C53H92O9/c1-3-5-7-9-11-13-15-17-19-21-22-23-24-25-26-27-28-30-32-34-36-38-40-42-49(55)61-47(46-60-53-52(58)51(57)50(56)48(44-54)62-53)45-59-43-41-39-37-35-33-31-29-20-18-16-14-12-10-8-6-4-2/h6,8,12,14-15,17-18,20-22,24-25,47-48,50-54,56-58H,3-5,7,9-11,13,16,19,23,26-46H2,1-2H3/b8-6-,14-12-,17-15-,20-18-,22-21-,25-24-. The van der Waals surface area contributed by atoms with Crippen LogP contribution in [0.3, 0.4) is 0 Å². The Balaban J connectivity index is 2.23. The number of aliphatic hydroxyl groups is 4. The van der Waals surface area contributed by atoms with Crippen molar-refractivity contribution in [1.29, 1.82) is 0 Å². The lowest BCUT2D eigenvalue weighted by Crippen LogP contribution is -2.59. The summed E-state index contributed by atoms with van der Waals surface area (Å²) < 4.78 is 22.9. The first-order valence-electron chi connectivity index (χ1n) is 25.0. The summed E-state index contributed by atoms with van der Waals surface area (Å²) in [4.78, 5) is 12.8. The number of rotatable bonds is 42. The van der Waals surface area contributed by atoms with Crippen molar-refractivity contribution in [3.63, 3.8) is 0 Å². The molecule has 358 valence electrons. The second kappa shape index (κ2) is 43.9. The van der Waals surface area contributed by atoms with Gasteiger partial charge in [0, 0.05) is 13.0 Å². The summed E-state index contributed by atoms with van der Waals surface area (Å²) >= 11 is 0. The van der Waals surface area contributed by atoms with Gasteiger partial charge in [0.2, 0.25) is 0 Å². The largest absolute Gasteiger partial charge is 0.457 e. The fourth-order valence-corrected chi connectivity index (χ4v) is 7.22. The van der Waals surface area contributed by atoms with Crippen molar-refractivity contribution in [2.75, 3.05) is 26.4 Å². The number of esters is 1. The van der Waals surface area contributed by atoms with Crippen molar-refractivity contribution in [3.05, 3.63) is 72.9 Å². The molecule has 6 unspecified atom stereocenters. The first kappa shape index (κ1) is 57.6. The summed E-state index contributed by atoms with van der Waals surface area (Å²) in [7, 11) is 0. The van der Waals surface area contributed by atoms with Crippen LogP contribution >= 0.6 is 0 Å². The summed E-state index contributed by atoms with van der Waals surface area (Å²) in [6, 6.07) is 0. The van der Waals surface area contributed by atoms with E-state index in [2.05, 4.69) is 86.8 Å². The van der Waals surface area contributed by atoms with Crippen LogP contribution in [0.15, 0.2) is 72.9 Å². The monoisotopic (exact) mass is 873 g/mol. The molecule has 1 fully saturated rings. The SMILES string of the molecule is CC/C=C\C/C=C\C/C=C\CCCCCCCCOCC(COC1OC(CO)C(O)C(O)C1O)OC(=O)CCCCCCCCCC/C=C\C/C=C\C/C=C\CCCCCCC. The number of allylic oxidation sites excluding steroid dienone is 12. The average Bonchev–Trinajstić information content (AvgIpc) is 3.27. The van der Waals surface area contributed by atoms with Gasteiger partial charge in [-0.1, -0.05) is 177 Å². The Bertz CT molecular complexity index is 1180. The van der Waals surface area contributed by atoms with Crippen LogP contribution in [-0.4, -0.2) is 89.6 Å². The van der Waals surface area contributed by atoms with Gasteiger partial charge in [0.25, 0.3) is 0 Å². The number of hydrogen-bond donors (Lipinski definition) is 4. The minimum Gasteiger partial charge on any atom is -0.457 e. The molecule has 6 atom stereocenters. The van der Waals surface area contributed by atoms with Crippen molar-refractivity contribution in [2.24, 2.45) is 0 Å².